The molecule has 0 saturated carbocycles. The molecule has 0 aromatic heterocycles. The normalized spacial score (nSPS) is 19.6. The molecule has 0 aliphatic carbocycles. The number of hydrogen-bond donors (Lipinski definition) is 2. The molecule has 0 saturated heterocycles. The lowest BCUT2D eigenvalue weighted by Gasteiger charge is -2.19. The van der Waals surface area contributed by atoms with Gasteiger partial charge in [-0.1, -0.05) is 0 Å². The third-order valence-electron chi connectivity index (χ3n) is 1.20. The Morgan fingerprint density at radius 3 is 2.33 bits per heavy atom. The number of aliphatic hydroxyl groups is 2. The molecule has 3 nitrogen and oxygen atoms in total. The van der Waals surface area contributed by atoms with Crippen LogP contribution in [0.5, 0.6) is 0 Å². The minimum absolute atomic E-state index is 0.887. The van der Waals surface area contributed by atoms with Crippen molar-refractivity contribution >= 4 is 5.94 Å². The van der Waals surface area contributed by atoms with E-state index in [0.717, 1.165) is 6.08 Å². The fourth-order valence-corrected chi connectivity index (χ4v) is 0.240. The minimum Gasteiger partial charge on any atom is -0.390 e. The molecule has 0 aliphatic rings. The van der Waals surface area contributed by atoms with Crippen molar-refractivity contribution in [3.8, 4) is 0 Å². The first-order valence-corrected chi connectivity index (χ1v) is 2.63. The molecule has 0 aliphatic heterocycles. The van der Waals surface area contributed by atoms with Gasteiger partial charge in [-0.15, -0.1) is 0 Å². The van der Waals surface area contributed by atoms with E-state index in [9.17, 15) is 4.79 Å². The van der Waals surface area contributed by atoms with Crippen molar-refractivity contribution in [2.45, 2.75) is 25.6 Å². The van der Waals surface area contributed by atoms with E-state index in [-0.39, 0.29) is 0 Å². The van der Waals surface area contributed by atoms with Gasteiger partial charge in [0.1, 0.15) is 11.5 Å². The van der Waals surface area contributed by atoms with Crippen molar-refractivity contribution in [2.24, 2.45) is 0 Å². The van der Waals surface area contributed by atoms with E-state index in [4.69, 9.17) is 10.2 Å². The highest BCUT2D eigenvalue weighted by atomic mass is 16.3. The highest BCUT2D eigenvalue weighted by molar-refractivity contribution is 5.47. The number of hydrogen-bond acceptors (Lipinski definition) is 3. The smallest absolute Gasteiger partial charge is 0.123 e. The fourth-order valence-electron chi connectivity index (χ4n) is 0.240. The summed E-state index contributed by atoms with van der Waals surface area (Å²) in [6, 6.07) is 0. The van der Waals surface area contributed by atoms with Gasteiger partial charge < -0.3 is 10.2 Å². The first-order valence-electron chi connectivity index (χ1n) is 2.63. The van der Waals surface area contributed by atoms with Crippen LogP contribution in [0.3, 0.4) is 0 Å². The van der Waals surface area contributed by atoms with Gasteiger partial charge in [0.15, 0.2) is 0 Å². The second kappa shape index (κ2) is 2.78. The molecular weight excluding hydrogens is 120 g/mol. The Labute approximate surface area is 53.6 Å². The summed E-state index contributed by atoms with van der Waals surface area (Å²) >= 11 is 0. The molecule has 0 bridgehead atoms. The predicted molar refractivity (Wildman–Crippen MR) is 32.6 cm³/mol. The second-order valence-corrected chi connectivity index (χ2v) is 2.16. The molecular formula is C6H10O3. The molecule has 0 amide bonds. The van der Waals surface area contributed by atoms with Gasteiger partial charge in [0, 0.05) is 6.08 Å². The van der Waals surface area contributed by atoms with E-state index in [1.807, 2.05) is 0 Å². The van der Waals surface area contributed by atoms with E-state index in [2.05, 4.69) is 0 Å². The summed E-state index contributed by atoms with van der Waals surface area (Å²) in [6.45, 7) is 2.73. The summed E-state index contributed by atoms with van der Waals surface area (Å²) in [7, 11) is 0. The zero-order valence-corrected chi connectivity index (χ0v) is 5.46. The summed E-state index contributed by atoms with van der Waals surface area (Å²) < 4.78 is 0. The van der Waals surface area contributed by atoms with Gasteiger partial charge in [-0.25, -0.2) is 4.79 Å². The maximum absolute atomic E-state index is 9.67. The van der Waals surface area contributed by atoms with Crippen molar-refractivity contribution < 1.29 is 15.0 Å². The van der Waals surface area contributed by atoms with Crippen LogP contribution in [0.1, 0.15) is 13.8 Å². The maximum Gasteiger partial charge on any atom is 0.123 e. The van der Waals surface area contributed by atoms with Crippen molar-refractivity contribution in [2.75, 3.05) is 0 Å². The fraction of sp³-hybridized carbons (Fsp3) is 0.667. The van der Waals surface area contributed by atoms with Gasteiger partial charge >= 0.3 is 0 Å². The standard InChI is InChI=1S/C6H10O3/c1-5(8)6(2,9)3-4-7/h3,5,8-9H,1-2H3. The monoisotopic (exact) mass is 130 g/mol. The Kier molecular flexibility index (Phi) is 2.59. The number of carbonyl (C=O) groups excluding carboxylic acids is 1. The highest BCUT2D eigenvalue weighted by Gasteiger charge is 2.23. The summed E-state index contributed by atoms with van der Waals surface area (Å²) in [5.41, 5.74) is -1.44. The largest absolute Gasteiger partial charge is 0.390 e. The molecule has 0 spiro atoms. The molecule has 3 heteroatoms. The summed E-state index contributed by atoms with van der Waals surface area (Å²) in [5.74, 6) is 1.40. The van der Waals surface area contributed by atoms with Gasteiger partial charge in [-0.05, 0) is 13.8 Å². The van der Waals surface area contributed by atoms with E-state index < -0.39 is 11.7 Å². The van der Waals surface area contributed by atoms with Gasteiger partial charge in [0.2, 0.25) is 0 Å². The lowest BCUT2D eigenvalue weighted by Crippen LogP contribution is -2.34. The van der Waals surface area contributed by atoms with Gasteiger partial charge in [-0.2, -0.15) is 0 Å². The maximum atomic E-state index is 9.67. The molecule has 9 heavy (non-hydrogen) atoms. The van der Waals surface area contributed by atoms with Crippen molar-refractivity contribution in [1.82, 2.24) is 0 Å². The Morgan fingerprint density at radius 2 is 2.22 bits per heavy atom. The lowest BCUT2D eigenvalue weighted by atomic mass is 10.0. The molecule has 52 valence electrons. The van der Waals surface area contributed by atoms with Crippen LogP contribution in [0.15, 0.2) is 6.08 Å². The third kappa shape index (κ3) is 2.42. The van der Waals surface area contributed by atoms with E-state index in [1.54, 1.807) is 0 Å². The van der Waals surface area contributed by atoms with E-state index in [1.165, 1.54) is 19.8 Å². The van der Waals surface area contributed by atoms with Crippen molar-refractivity contribution in [1.29, 1.82) is 0 Å². The number of aliphatic hydroxyl groups excluding tert-OH is 1. The first kappa shape index (κ1) is 8.37. The highest BCUT2D eigenvalue weighted by Crippen LogP contribution is 2.08. The van der Waals surface area contributed by atoms with Gasteiger partial charge in [-0.3, -0.25) is 0 Å². The first-order chi connectivity index (χ1) is 4.00. The zero-order valence-electron chi connectivity index (χ0n) is 5.46. The van der Waals surface area contributed by atoms with Gasteiger partial charge in [0.05, 0.1) is 6.10 Å². The minimum atomic E-state index is -1.44. The average Bonchev–Trinajstić information content (AvgIpc) is 1.65. The topological polar surface area (TPSA) is 57.5 Å². The van der Waals surface area contributed by atoms with E-state index in [0.29, 0.717) is 0 Å². The zero-order chi connectivity index (χ0) is 7.49. The molecule has 0 rings (SSSR count). The Morgan fingerprint density at radius 1 is 1.78 bits per heavy atom. The molecule has 0 fully saturated rings. The van der Waals surface area contributed by atoms with Gasteiger partial charge in [0.25, 0.3) is 0 Å². The second-order valence-electron chi connectivity index (χ2n) is 2.16. The Balaban J connectivity index is 4.18. The van der Waals surface area contributed by atoms with Crippen LogP contribution in [0.4, 0.5) is 0 Å². The third-order valence-corrected chi connectivity index (χ3v) is 1.20. The van der Waals surface area contributed by atoms with Crippen molar-refractivity contribution in [3.63, 3.8) is 0 Å². The Bertz CT molecular complexity index is 131. The number of rotatable bonds is 2. The van der Waals surface area contributed by atoms with Crippen LogP contribution >= 0.6 is 0 Å². The summed E-state index contributed by atoms with van der Waals surface area (Å²) in [5, 5.41) is 17.8. The molecule has 2 atom stereocenters. The molecule has 0 heterocycles. The van der Waals surface area contributed by atoms with Crippen LogP contribution < -0.4 is 0 Å². The Hall–Kier alpha value is -0.630. The molecule has 0 radical (unpaired) electrons. The molecule has 0 aromatic rings. The van der Waals surface area contributed by atoms with Crippen LogP contribution in [-0.4, -0.2) is 27.9 Å². The van der Waals surface area contributed by atoms with Crippen LogP contribution in [-0.2, 0) is 4.79 Å². The molecule has 0 aromatic carbocycles. The predicted octanol–water partition coefficient (Wildman–Crippen LogP) is -0.494. The van der Waals surface area contributed by atoms with E-state index >= 15 is 0 Å². The lowest BCUT2D eigenvalue weighted by molar-refractivity contribution is -0.0145. The van der Waals surface area contributed by atoms with Crippen LogP contribution in [0.25, 0.3) is 0 Å². The summed E-state index contributed by atoms with van der Waals surface area (Å²) in [4.78, 5) is 9.67. The van der Waals surface area contributed by atoms with Crippen LogP contribution in [0.2, 0.25) is 0 Å². The molecule has 2 unspecified atom stereocenters. The molecule has 2 N–H and O–H groups in total. The average molecular weight is 130 g/mol. The quantitative estimate of drug-likeness (QED) is 0.496. The summed E-state index contributed by atoms with van der Waals surface area (Å²) in [6.07, 6.45) is -0.0588. The van der Waals surface area contributed by atoms with Crippen LogP contribution in [0, 0.1) is 0 Å². The SMILES string of the molecule is CC(O)C(C)(O)C=C=O. The van der Waals surface area contributed by atoms with Crippen molar-refractivity contribution in [3.05, 3.63) is 6.08 Å².